The van der Waals surface area contributed by atoms with Gasteiger partial charge in [0, 0.05) is 19.6 Å². The zero-order chi connectivity index (χ0) is 18.1. The van der Waals surface area contributed by atoms with Crippen LogP contribution >= 0.6 is 11.3 Å². The number of rotatable bonds is 8. The Kier molecular flexibility index (Phi) is 7.91. The number of piperidine rings is 1. The van der Waals surface area contributed by atoms with Crippen molar-refractivity contribution < 1.29 is 19.1 Å². The summed E-state index contributed by atoms with van der Waals surface area (Å²) in [5.74, 6) is -0.810. The van der Waals surface area contributed by atoms with Crippen molar-refractivity contribution in [1.29, 1.82) is 0 Å². The molecular weight excluding hydrogens is 340 g/mol. The summed E-state index contributed by atoms with van der Waals surface area (Å²) in [6.45, 7) is 3.58. The summed E-state index contributed by atoms with van der Waals surface area (Å²) in [6, 6.07) is 3.67. The van der Waals surface area contributed by atoms with E-state index in [2.05, 4.69) is 12.2 Å². The first-order valence-electron chi connectivity index (χ1n) is 8.88. The molecule has 1 aliphatic heterocycles. The summed E-state index contributed by atoms with van der Waals surface area (Å²) in [6.07, 6.45) is 4.26. The quantitative estimate of drug-likeness (QED) is 0.566. The van der Waals surface area contributed by atoms with Gasteiger partial charge in [-0.25, -0.2) is 0 Å². The van der Waals surface area contributed by atoms with E-state index in [0.29, 0.717) is 32.5 Å². The first kappa shape index (κ1) is 19.4. The van der Waals surface area contributed by atoms with Crippen molar-refractivity contribution in [3.63, 3.8) is 0 Å². The molecule has 2 rings (SSSR count). The highest BCUT2D eigenvalue weighted by molar-refractivity contribution is 7.12. The minimum absolute atomic E-state index is 0.0216. The molecular formula is C18H26N2O4S. The van der Waals surface area contributed by atoms with Crippen LogP contribution in [-0.4, -0.2) is 48.9 Å². The Morgan fingerprint density at radius 3 is 2.68 bits per heavy atom. The lowest BCUT2D eigenvalue weighted by Crippen LogP contribution is -2.41. The van der Waals surface area contributed by atoms with Crippen LogP contribution in [0.4, 0.5) is 0 Å². The molecule has 1 aromatic heterocycles. The summed E-state index contributed by atoms with van der Waals surface area (Å²) < 4.78 is 5.12. The first-order chi connectivity index (χ1) is 12.1. The number of hydrogen-bond donors (Lipinski definition) is 1. The normalized spacial score (nSPS) is 15.0. The molecule has 2 amide bonds. The van der Waals surface area contributed by atoms with Crippen LogP contribution < -0.4 is 5.32 Å². The van der Waals surface area contributed by atoms with E-state index in [-0.39, 0.29) is 30.3 Å². The monoisotopic (exact) mass is 366 g/mol. The molecule has 1 fully saturated rings. The molecule has 0 aromatic carbocycles. The summed E-state index contributed by atoms with van der Waals surface area (Å²) in [5, 5.41) is 4.63. The van der Waals surface area contributed by atoms with Crippen molar-refractivity contribution in [2.45, 2.75) is 39.0 Å². The number of carbonyl (C=O) groups is 3. The second-order valence-electron chi connectivity index (χ2n) is 6.21. The number of nitrogens with zero attached hydrogens (tertiary/aromatic N) is 1. The van der Waals surface area contributed by atoms with Crippen molar-refractivity contribution in [3.05, 3.63) is 22.4 Å². The molecule has 138 valence electrons. The van der Waals surface area contributed by atoms with Crippen molar-refractivity contribution in [2.24, 2.45) is 5.92 Å². The standard InChI is InChI=1S/C18H26N2O4S/c1-2-3-4-9-19-16(21)13-24-18(23)14-7-10-20(11-8-14)17(22)15-6-5-12-25-15/h5-6,12,14H,2-4,7-11,13H2,1H3,(H,19,21). The minimum atomic E-state index is -0.341. The molecule has 0 saturated carbocycles. The Hall–Kier alpha value is -1.89. The topological polar surface area (TPSA) is 75.7 Å². The van der Waals surface area contributed by atoms with Crippen LogP contribution in [-0.2, 0) is 14.3 Å². The number of amides is 2. The van der Waals surface area contributed by atoms with Crippen molar-refractivity contribution in [1.82, 2.24) is 10.2 Å². The molecule has 1 aromatic rings. The number of carbonyl (C=O) groups excluding carboxylic acids is 3. The first-order valence-corrected chi connectivity index (χ1v) is 9.76. The molecule has 0 radical (unpaired) electrons. The number of ether oxygens (including phenoxy) is 1. The molecule has 7 heteroatoms. The number of nitrogens with one attached hydrogen (secondary N) is 1. The van der Waals surface area contributed by atoms with E-state index in [9.17, 15) is 14.4 Å². The highest BCUT2D eigenvalue weighted by Gasteiger charge is 2.29. The third-order valence-corrected chi connectivity index (χ3v) is 5.15. The average molecular weight is 366 g/mol. The summed E-state index contributed by atoms with van der Waals surface area (Å²) in [7, 11) is 0. The van der Waals surface area contributed by atoms with Gasteiger partial charge in [-0.2, -0.15) is 0 Å². The van der Waals surface area contributed by atoms with Crippen LogP contribution in [0.1, 0.15) is 48.7 Å². The van der Waals surface area contributed by atoms with Crippen LogP contribution in [0.3, 0.4) is 0 Å². The van der Waals surface area contributed by atoms with Gasteiger partial charge in [-0.05, 0) is 30.7 Å². The van der Waals surface area contributed by atoms with Crippen molar-refractivity contribution >= 4 is 29.1 Å². The van der Waals surface area contributed by atoms with E-state index in [1.165, 1.54) is 11.3 Å². The summed E-state index contributed by atoms with van der Waals surface area (Å²) in [5.41, 5.74) is 0. The van der Waals surface area contributed by atoms with Gasteiger partial charge < -0.3 is 15.0 Å². The van der Waals surface area contributed by atoms with Gasteiger partial charge in [0.25, 0.3) is 11.8 Å². The van der Waals surface area contributed by atoms with Crippen LogP contribution in [0.25, 0.3) is 0 Å². The number of unbranched alkanes of at least 4 members (excludes halogenated alkanes) is 2. The number of likely N-dealkylation sites (tertiary alicyclic amines) is 1. The van der Waals surface area contributed by atoms with Crippen molar-refractivity contribution in [3.8, 4) is 0 Å². The highest BCUT2D eigenvalue weighted by atomic mass is 32.1. The Bertz CT molecular complexity index is 566. The van der Waals surface area contributed by atoms with Crippen LogP contribution in [0, 0.1) is 5.92 Å². The Balaban J connectivity index is 1.65. The zero-order valence-corrected chi connectivity index (χ0v) is 15.5. The molecule has 25 heavy (non-hydrogen) atoms. The van der Waals surface area contributed by atoms with Gasteiger partial charge in [0.2, 0.25) is 0 Å². The van der Waals surface area contributed by atoms with E-state index in [1.807, 2.05) is 17.5 Å². The van der Waals surface area contributed by atoms with E-state index in [4.69, 9.17) is 4.74 Å². The fourth-order valence-corrected chi connectivity index (χ4v) is 3.47. The molecule has 0 spiro atoms. The van der Waals surface area contributed by atoms with Gasteiger partial charge in [0.1, 0.15) is 0 Å². The number of esters is 1. The molecule has 0 bridgehead atoms. The maximum atomic E-state index is 12.3. The minimum Gasteiger partial charge on any atom is -0.455 e. The molecule has 1 aliphatic rings. The van der Waals surface area contributed by atoms with Crippen molar-refractivity contribution in [2.75, 3.05) is 26.2 Å². The van der Waals surface area contributed by atoms with Gasteiger partial charge in [0.15, 0.2) is 6.61 Å². The second kappa shape index (κ2) is 10.2. The van der Waals surface area contributed by atoms with Gasteiger partial charge in [-0.3, -0.25) is 14.4 Å². The molecule has 6 nitrogen and oxygen atoms in total. The lowest BCUT2D eigenvalue weighted by atomic mass is 9.97. The summed E-state index contributed by atoms with van der Waals surface area (Å²) in [4.78, 5) is 38.5. The van der Waals surface area contributed by atoms with E-state index in [1.54, 1.807) is 4.90 Å². The maximum absolute atomic E-state index is 12.3. The fraction of sp³-hybridized carbons (Fsp3) is 0.611. The molecule has 2 heterocycles. The average Bonchev–Trinajstić information content (AvgIpc) is 3.17. The molecule has 1 saturated heterocycles. The van der Waals surface area contributed by atoms with Gasteiger partial charge >= 0.3 is 5.97 Å². The molecule has 0 unspecified atom stereocenters. The molecule has 0 atom stereocenters. The second-order valence-corrected chi connectivity index (χ2v) is 7.16. The van der Waals surface area contributed by atoms with Gasteiger partial charge in [0.05, 0.1) is 10.8 Å². The van der Waals surface area contributed by atoms with E-state index < -0.39 is 0 Å². The van der Waals surface area contributed by atoms with Crippen LogP contribution in [0.5, 0.6) is 0 Å². The van der Waals surface area contributed by atoms with Gasteiger partial charge in [-0.1, -0.05) is 25.8 Å². The lowest BCUT2D eigenvalue weighted by Gasteiger charge is -2.30. The zero-order valence-electron chi connectivity index (χ0n) is 14.7. The highest BCUT2D eigenvalue weighted by Crippen LogP contribution is 2.21. The number of hydrogen-bond acceptors (Lipinski definition) is 5. The SMILES string of the molecule is CCCCCNC(=O)COC(=O)C1CCN(C(=O)c2cccs2)CC1. The van der Waals surface area contributed by atoms with Crippen LogP contribution in [0.2, 0.25) is 0 Å². The third kappa shape index (κ3) is 6.16. The molecule has 1 N–H and O–H groups in total. The fourth-order valence-electron chi connectivity index (χ4n) is 2.78. The smallest absolute Gasteiger partial charge is 0.309 e. The van der Waals surface area contributed by atoms with Gasteiger partial charge in [-0.15, -0.1) is 11.3 Å². The van der Waals surface area contributed by atoms with E-state index in [0.717, 1.165) is 24.1 Å². The summed E-state index contributed by atoms with van der Waals surface area (Å²) >= 11 is 1.43. The number of thiophene rings is 1. The largest absolute Gasteiger partial charge is 0.455 e. The van der Waals surface area contributed by atoms with E-state index >= 15 is 0 Å². The predicted molar refractivity (Wildman–Crippen MR) is 96.4 cm³/mol. The molecule has 0 aliphatic carbocycles. The maximum Gasteiger partial charge on any atom is 0.309 e. The Morgan fingerprint density at radius 1 is 1.28 bits per heavy atom. The predicted octanol–water partition coefficient (Wildman–Crippen LogP) is 2.45. The van der Waals surface area contributed by atoms with Crippen LogP contribution in [0.15, 0.2) is 17.5 Å². The lowest BCUT2D eigenvalue weighted by molar-refractivity contribution is -0.153. The Labute approximate surface area is 152 Å². The Morgan fingerprint density at radius 2 is 2.04 bits per heavy atom. The third-order valence-electron chi connectivity index (χ3n) is 4.30.